The van der Waals surface area contributed by atoms with E-state index in [0.29, 0.717) is 5.69 Å². The Labute approximate surface area is 116 Å². The van der Waals surface area contributed by atoms with Crippen molar-refractivity contribution < 1.29 is 9.18 Å². The number of ketones is 1. The van der Waals surface area contributed by atoms with E-state index in [1.54, 1.807) is 22.8 Å². The third-order valence-electron chi connectivity index (χ3n) is 3.15. The van der Waals surface area contributed by atoms with Crippen LogP contribution in [0, 0.1) is 5.82 Å². The van der Waals surface area contributed by atoms with Crippen molar-refractivity contribution in [1.82, 2.24) is 4.57 Å². The van der Waals surface area contributed by atoms with Crippen LogP contribution >= 0.6 is 0 Å². The highest BCUT2D eigenvalue weighted by molar-refractivity contribution is 5.94. The largest absolute Gasteiger partial charge is 0.305 e. The van der Waals surface area contributed by atoms with Gasteiger partial charge in [0, 0.05) is 6.04 Å². The minimum absolute atomic E-state index is 0.0955. The summed E-state index contributed by atoms with van der Waals surface area (Å²) >= 11 is 0. The number of hydrogen-bond donors (Lipinski definition) is 0. The van der Waals surface area contributed by atoms with Crippen molar-refractivity contribution in [3.8, 4) is 11.3 Å². The van der Waals surface area contributed by atoms with Gasteiger partial charge in [-0.1, -0.05) is 0 Å². The molecule has 1 aromatic heterocycles. The van der Waals surface area contributed by atoms with E-state index in [0.717, 1.165) is 5.56 Å². The normalized spacial score (nSPS) is 10.8. The number of hydrogen-bond acceptors (Lipinski definition) is 2. The zero-order valence-corrected chi connectivity index (χ0v) is 11.7. The van der Waals surface area contributed by atoms with E-state index in [4.69, 9.17) is 0 Å². The van der Waals surface area contributed by atoms with Crippen LogP contribution in [0.3, 0.4) is 0 Å². The number of halogens is 1. The molecule has 0 radical (unpaired) electrons. The number of carbonyl (C=O) groups excluding carboxylic acids is 1. The molecule has 0 bridgehead atoms. The molecule has 0 spiro atoms. The molecule has 0 saturated heterocycles. The van der Waals surface area contributed by atoms with E-state index in [1.165, 1.54) is 25.1 Å². The van der Waals surface area contributed by atoms with Gasteiger partial charge in [-0.05, 0) is 62.7 Å². The van der Waals surface area contributed by atoms with Gasteiger partial charge in [0.25, 0.3) is 5.56 Å². The zero-order chi connectivity index (χ0) is 14.9. The van der Waals surface area contributed by atoms with Gasteiger partial charge >= 0.3 is 0 Å². The fourth-order valence-corrected chi connectivity index (χ4v) is 2.19. The van der Waals surface area contributed by atoms with Crippen LogP contribution in [0.2, 0.25) is 0 Å². The summed E-state index contributed by atoms with van der Waals surface area (Å²) in [5.41, 5.74) is 1.28. The van der Waals surface area contributed by atoms with Crippen LogP contribution in [0.15, 0.2) is 41.2 Å². The molecule has 20 heavy (non-hydrogen) atoms. The molecule has 104 valence electrons. The number of benzene rings is 1. The molecule has 0 unspecified atom stereocenters. The predicted molar refractivity (Wildman–Crippen MR) is 76.5 cm³/mol. The minimum Gasteiger partial charge on any atom is -0.305 e. The molecule has 0 aliphatic rings. The standard InChI is InChI=1S/C16H16FNO2/c1-10(2)18-15(12-4-6-13(17)7-5-12)9-8-14(11(3)19)16(18)20/h4-10H,1-3H3. The Bertz CT molecular complexity index is 699. The summed E-state index contributed by atoms with van der Waals surface area (Å²) in [7, 11) is 0. The molecular formula is C16H16FNO2. The summed E-state index contributed by atoms with van der Waals surface area (Å²) < 4.78 is 14.6. The molecule has 4 heteroatoms. The summed E-state index contributed by atoms with van der Waals surface area (Å²) in [5, 5.41) is 0. The first-order valence-corrected chi connectivity index (χ1v) is 6.44. The minimum atomic E-state index is -0.326. The Hall–Kier alpha value is -2.23. The average molecular weight is 273 g/mol. The quantitative estimate of drug-likeness (QED) is 0.804. The maximum atomic E-state index is 13.0. The topological polar surface area (TPSA) is 39.1 Å². The number of pyridine rings is 1. The van der Waals surface area contributed by atoms with Gasteiger partial charge in [-0.25, -0.2) is 4.39 Å². The summed E-state index contributed by atoms with van der Waals surface area (Å²) in [6.07, 6.45) is 0. The third-order valence-corrected chi connectivity index (χ3v) is 3.15. The lowest BCUT2D eigenvalue weighted by molar-refractivity contribution is 0.101. The number of nitrogens with zero attached hydrogens (tertiary/aromatic N) is 1. The van der Waals surface area contributed by atoms with E-state index in [1.807, 2.05) is 13.8 Å². The van der Waals surface area contributed by atoms with Crippen LogP contribution in [0.25, 0.3) is 11.3 Å². The van der Waals surface area contributed by atoms with E-state index in [9.17, 15) is 14.0 Å². The van der Waals surface area contributed by atoms with Gasteiger partial charge < -0.3 is 4.57 Å². The van der Waals surface area contributed by atoms with Crippen molar-refractivity contribution in [2.24, 2.45) is 0 Å². The molecule has 0 aliphatic carbocycles. The van der Waals surface area contributed by atoms with Crippen molar-refractivity contribution in [3.05, 3.63) is 58.1 Å². The van der Waals surface area contributed by atoms with E-state index in [2.05, 4.69) is 0 Å². The average Bonchev–Trinajstić information content (AvgIpc) is 2.38. The van der Waals surface area contributed by atoms with Gasteiger partial charge in [-0.2, -0.15) is 0 Å². The molecule has 1 heterocycles. The van der Waals surface area contributed by atoms with Crippen LogP contribution in [0.1, 0.15) is 37.2 Å². The Balaban J connectivity index is 2.71. The molecule has 2 rings (SSSR count). The zero-order valence-electron chi connectivity index (χ0n) is 11.7. The monoisotopic (exact) mass is 273 g/mol. The van der Waals surface area contributed by atoms with Gasteiger partial charge in [0.2, 0.25) is 0 Å². The predicted octanol–water partition coefficient (Wildman–Crippen LogP) is 3.44. The Morgan fingerprint density at radius 2 is 1.70 bits per heavy atom. The highest BCUT2D eigenvalue weighted by atomic mass is 19.1. The van der Waals surface area contributed by atoms with Crippen LogP contribution < -0.4 is 5.56 Å². The highest BCUT2D eigenvalue weighted by Crippen LogP contribution is 2.21. The van der Waals surface area contributed by atoms with Crippen molar-refractivity contribution >= 4 is 5.78 Å². The van der Waals surface area contributed by atoms with Crippen LogP contribution in [-0.4, -0.2) is 10.4 Å². The van der Waals surface area contributed by atoms with Crippen molar-refractivity contribution in [3.63, 3.8) is 0 Å². The molecule has 3 nitrogen and oxygen atoms in total. The maximum Gasteiger partial charge on any atom is 0.262 e. The van der Waals surface area contributed by atoms with E-state index >= 15 is 0 Å². The lowest BCUT2D eigenvalue weighted by Crippen LogP contribution is -2.28. The molecule has 0 fully saturated rings. The highest BCUT2D eigenvalue weighted by Gasteiger charge is 2.15. The fourth-order valence-electron chi connectivity index (χ4n) is 2.19. The second-order valence-electron chi connectivity index (χ2n) is 4.96. The van der Waals surface area contributed by atoms with E-state index < -0.39 is 0 Å². The van der Waals surface area contributed by atoms with Crippen molar-refractivity contribution in [1.29, 1.82) is 0 Å². The lowest BCUT2D eigenvalue weighted by atomic mass is 10.1. The van der Waals surface area contributed by atoms with Crippen LogP contribution in [0.4, 0.5) is 4.39 Å². The maximum absolute atomic E-state index is 13.0. The Morgan fingerprint density at radius 3 is 2.20 bits per heavy atom. The van der Waals surface area contributed by atoms with Gasteiger partial charge in [-0.3, -0.25) is 9.59 Å². The molecule has 0 saturated carbocycles. The smallest absolute Gasteiger partial charge is 0.262 e. The van der Waals surface area contributed by atoms with E-state index in [-0.39, 0.29) is 28.8 Å². The number of rotatable bonds is 3. The number of Topliss-reactive ketones (excluding diaryl/α,β-unsaturated/α-hetero) is 1. The fraction of sp³-hybridized carbons (Fsp3) is 0.250. The van der Waals surface area contributed by atoms with Crippen LogP contribution in [-0.2, 0) is 0 Å². The SMILES string of the molecule is CC(=O)c1ccc(-c2ccc(F)cc2)n(C(C)C)c1=O. The first kappa shape index (κ1) is 14.2. The van der Waals surface area contributed by atoms with Crippen molar-refractivity contribution in [2.45, 2.75) is 26.8 Å². The van der Waals surface area contributed by atoms with Gasteiger partial charge in [0.15, 0.2) is 5.78 Å². The molecule has 0 amide bonds. The van der Waals surface area contributed by atoms with Crippen molar-refractivity contribution in [2.75, 3.05) is 0 Å². The molecule has 2 aromatic rings. The second-order valence-corrected chi connectivity index (χ2v) is 4.96. The second kappa shape index (κ2) is 5.41. The Kier molecular flexibility index (Phi) is 3.84. The first-order valence-electron chi connectivity index (χ1n) is 6.44. The molecule has 0 aliphatic heterocycles. The molecule has 0 atom stereocenters. The Morgan fingerprint density at radius 1 is 1.10 bits per heavy atom. The summed E-state index contributed by atoms with van der Waals surface area (Å²) in [6, 6.07) is 9.11. The molecule has 0 N–H and O–H groups in total. The van der Waals surface area contributed by atoms with Gasteiger partial charge in [-0.15, -0.1) is 0 Å². The van der Waals surface area contributed by atoms with Gasteiger partial charge in [0.05, 0.1) is 11.3 Å². The number of carbonyl (C=O) groups is 1. The molecular weight excluding hydrogens is 257 g/mol. The summed E-state index contributed by atoms with van der Waals surface area (Å²) in [6.45, 7) is 5.12. The number of aromatic nitrogens is 1. The first-order chi connectivity index (χ1) is 9.41. The van der Waals surface area contributed by atoms with Crippen LogP contribution in [0.5, 0.6) is 0 Å². The molecule has 1 aromatic carbocycles. The van der Waals surface area contributed by atoms with Gasteiger partial charge in [0.1, 0.15) is 5.82 Å². The summed E-state index contributed by atoms with van der Waals surface area (Å²) in [4.78, 5) is 23.9. The summed E-state index contributed by atoms with van der Waals surface area (Å²) in [5.74, 6) is -0.581. The third kappa shape index (κ3) is 2.54. The lowest BCUT2D eigenvalue weighted by Gasteiger charge is -2.17.